The lowest BCUT2D eigenvalue weighted by molar-refractivity contribution is -0.153. The largest absolute Gasteiger partial charge is 0.462 e. The molecular weight excluding hydrogens is 208 g/mol. The molecule has 0 radical (unpaired) electrons. The molecule has 1 aliphatic heterocycles. The van der Waals surface area contributed by atoms with Gasteiger partial charge < -0.3 is 9.47 Å². The van der Waals surface area contributed by atoms with E-state index >= 15 is 0 Å². The minimum Gasteiger partial charge on any atom is -0.462 e. The minimum absolute atomic E-state index is 0.0643. The van der Waals surface area contributed by atoms with Gasteiger partial charge in [-0.25, -0.2) is 0 Å². The average Bonchev–Trinajstić information content (AvgIpc) is 2.54. The molecule has 88 valence electrons. The van der Waals surface area contributed by atoms with Crippen LogP contribution in [-0.2, 0) is 19.1 Å². The smallest absolute Gasteiger partial charge is 0.310 e. The van der Waals surface area contributed by atoms with Crippen LogP contribution in [0.15, 0.2) is 12.2 Å². The third kappa shape index (κ3) is 1.96. The molecule has 4 heteroatoms. The Morgan fingerprint density at radius 2 is 2.38 bits per heavy atom. The van der Waals surface area contributed by atoms with E-state index in [2.05, 4.69) is 12.2 Å². The minimum atomic E-state index is -0.334. The van der Waals surface area contributed by atoms with Crippen LogP contribution in [0.4, 0.5) is 0 Å². The molecule has 0 amide bonds. The first-order valence-corrected chi connectivity index (χ1v) is 5.60. The molecular formula is C12H16O4. The van der Waals surface area contributed by atoms with Crippen molar-refractivity contribution in [3.63, 3.8) is 0 Å². The molecule has 0 aromatic rings. The van der Waals surface area contributed by atoms with E-state index in [0.717, 1.165) is 6.42 Å². The van der Waals surface area contributed by atoms with Gasteiger partial charge in [0, 0.05) is 12.8 Å². The molecule has 1 saturated heterocycles. The van der Waals surface area contributed by atoms with E-state index in [0.29, 0.717) is 0 Å². The normalized spacial score (nSPS) is 36.8. The van der Waals surface area contributed by atoms with E-state index in [4.69, 9.17) is 9.47 Å². The van der Waals surface area contributed by atoms with Gasteiger partial charge in [0.25, 0.3) is 0 Å². The Morgan fingerprint density at radius 3 is 3.06 bits per heavy atom. The number of carbonyl (C=O) groups is 2. The standard InChI is InChI=1S/C12H16O4/c1-7-4-3-5-9-10(6-15-8(2)13)16-12(14)11(7)9/h3-4,7,9-11H,5-6H2,1-2H3/t7-,9-,10-,11-/m1/s1. The summed E-state index contributed by atoms with van der Waals surface area (Å²) in [5, 5.41) is 0. The van der Waals surface area contributed by atoms with Gasteiger partial charge in [0.2, 0.25) is 0 Å². The van der Waals surface area contributed by atoms with Gasteiger partial charge >= 0.3 is 11.9 Å². The Hall–Kier alpha value is -1.32. The second-order valence-electron chi connectivity index (χ2n) is 4.49. The predicted molar refractivity (Wildman–Crippen MR) is 56.4 cm³/mol. The van der Waals surface area contributed by atoms with Crippen molar-refractivity contribution in [3.05, 3.63) is 12.2 Å². The summed E-state index contributed by atoms with van der Waals surface area (Å²) in [5.74, 6) is -0.177. The fourth-order valence-electron chi connectivity index (χ4n) is 2.55. The molecule has 2 aliphatic rings. The first-order chi connectivity index (χ1) is 7.59. The molecule has 0 aromatic heterocycles. The van der Waals surface area contributed by atoms with Crippen molar-refractivity contribution < 1.29 is 19.1 Å². The molecule has 4 nitrogen and oxygen atoms in total. The number of hydrogen-bond acceptors (Lipinski definition) is 4. The highest BCUT2D eigenvalue weighted by Gasteiger charge is 2.47. The number of cyclic esters (lactones) is 1. The van der Waals surface area contributed by atoms with E-state index < -0.39 is 0 Å². The number of ether oxygens (including phenoxy) is 2. The zero-order chi connectivity index (χ0) is 11.7. The number of esters is 2. The van der Waals surface area contributed by atoms with Gasteiger partial charge in [0.15, 0.2) is 0 Å². The lowest BCUT2D eigenvalue weighted by atomic mass is 9.76. The molecule has 4 atom stereocenters. The summed E-state index contributed by atoms with van der Waals surface area (Å²) in [4.78, 5) is 22.4. The zero-order valence-corrected chi connectivity index (χ0v) is 9.51. The Bertz CT molecular complexity index is 334. The number of rotatable bonds is 2. The number of fused-ring (bicyclic) bond motifs is 1. The van der Waals surface area contributed by atoms with Gasteiger partial charge in [-0.1, -0.05) is 19.1 Å². The van der Waals surface area contributed by atoms with E-state index in [9.17, 15) is 9.59 Å². The topological polar surface area (TPSA) is 52.6 Å². The van der Waals surface area contributed by atoms with Crippen molar-refractivity contribution >= 4 is 11.9 Å². The summed E-state index contributed by atoms with van der Waals surface area (Å²) < 4.78 is 10.2. The highest BCUT2D eigenvalue weighted by Crippen LogP contribution is 2.39. The molecule has 2 rings (SSSR count). The van der Waals surface area contributed by atoms with Crippen LogP contribution >= 0.6 is 0 Å². The fraction of sp³-hybridized carbons (Fsp3) is 0.667. The molecule has 16 heavy (non-hydrogen) atoms. The molecule has 1 heterocycles. The average molecular weight is 224 g/mol. The number of hydrogen-bond donors (Lipinski definition) is 0. The maximum Gasteiger partial charge on any atom is 0.310 e. The number of allylic oxidation sites excluding steroid dienone is 2. The molecule has 0 unspecified atom stereocenters. The SMILES string of the molecule is CC(=O)OC[C@H]1OC(=O)[C@H]2[C@@H]1CC=C[C@H]2C. The first kappa shape index (κ1) is 11.2. The third-order valence-corrected chi connectivity index (χ3v) is 3.34. The van der Waals surface area contributed by atoms with E-state index in [-0.39, 0.29) is 42.4 Å². The lowest BCUT2D eigenvalue weighted by Crippen LogP contribution is -2.30. The Morgan fingerprint density at radius 1 is 1.62 bits per heavy atom. The Balaban J connectivity index is 2.05. The van der Waals surface area contributed by atoms with Gasteiger partial charge in [0.05, 0.1) is 5.92 Å². The van der Waals surface area contributed by atoms with Gasteiger partial charge in [-0.15, -0.1) is 0 Å². The Labute approximate surface area is 94.6 Å². The second kappa shape index (κ2) is 4.28. The molecule has 0 aromatic carbocycles. The van der Waals surface area contributed by atoms with Crippen LogP contribution in [0.3, 0.4) is 0 Å². The highest BCUT2D eigenvalue weighted by molar-refractivity contribution is 5.76. The van der Waals surface area contributed by atoms with Crippen molar-refractivity contribution in [2.45, 2.75) is 26.4 Å². The summed E-state index contributed by atoms with van der Waals surface area (Å²) in [6, 6.07) is 0. The molecule has 1 aliphatic carbocycles. The Kier molecular flexibility index (Phi) is 2.99. The van der Waals surface area contributed by atoms with Crippen LogP contribution in [0, 0.1) is 17.8 Å². The third-order valence-electron chi connectivity index (χ3n) is 3.34. The van der Waals surface area contributed by atoms with Crippen molar-refractivity contribution in [2.75, 3.05) is 6.61 Å². The zero-order valence-electron chi connectivity index (χ0n) is 9.51. The van der Waals surface area contributed by atoms with E-state index in [1.165, 1.54) is 6.92 Å². The molecule has 0 spiro atoms. The van der Waals surface area contributed by atoms with Crippen LogP contribution in [-0.4, -0.2) is 24.6 Å². The van der Waals surface area contributed by atoms with Crippen LogP contribution in [0.2, 0.25) is 0 Å². The second-order valence-corrected chi connectivity index (χ2v) is 4.49. The fourth-order valence-corrected chi connectivity index (χ4v) is 2.55. The van der Waals surface area contributed by atoms with Crippen molar-refractivity contribution in [1.82, 2.24) is 0 Å². The summed E-state index contributed by atoms with van der Waals surface area (Å²) in [6.45, 7) is 3.56. The number of carbonyl (C=O) groups excluding carboxylic acids is 2. The quantitative estimate of drug-likeness (QED) is 0.524. The van der Waals surface area contributed by atoms with Crippen molar-refractivity contribution in [2.24, 2.45) is 17.8 Å². The summed E-state index contributed by atoms with van der Waals surface area (Å²) in [5.41, 5.74) is 0. The van der Waals surface area contributed by atoms with Gasteiger partial charge in [-0.3, -0.25) is 9.59 Å². The molecule has 1 fully saturated rings. The monoisotopic (exact) mass is 224 g/mol. The molecule has 0 N–H and O–H groups in total. The summed E-state index contributed by atoms with van der Waals surface area (Å²) in [7, 11) is 0. The van der Waals surface area contributed by atoms with Crippen molar-refractivity contribution in [1.29, 1.82) is 0 Å². The van der Waals surface area contributed by atoms with Gasteiger partial charge in [0.1, 0.15) is 12.7 Å². The maximum absolute atomic E-state index is 11.7. The molecule has 0 saturated carbocycles. The van der Waals surface area contributed by atoms with Crippen LogP contribution in [0.25, 0.3) is 0 Å². The molecule has 0 bridgehead atoms. The van der Waals surface area contributed by atoms with Gasteiger partial charge in [-0.2, -0.15) is 0 Å². The van der Waals surface area contributed by atoms with E-state index in [1.54, 1.807) is 0 Å². The summed E-state index contributed by atoms with van der Waals surface area (Å²) >= 11 is 0. The van der Waals surface area contributed by atoms with Crippen molar-refractivity contribution in [3.8, 4) is 0 Å². The lowest BCUT2D eigenvalue weighted by Gasteiger charge is -2.25. The van der Waals surface area contributed by atoms with Gasteiger partial charge in [-0.05, 0) is 12.3 Å². The maximum atomic E-state index is 11.7. The summed E-state index contributed by atoms with van der Waals surface area (Å²) in [6.07, 6.45) is 4.69. The predicted octanol–water partition coefficient (Wildman–Crippen LogP) is 1.30. The first-order valence-electron chi connectivity index (χ1n) is 5.60. The van der Waals surface area contributed by atoms with E-state index in [1.807, 2.05) is 6.92 Å². The highest BCUT2D eigenvalue weighted by atomic mass is 16.6. The van der Waals surface area contributed by atoms with Crippen LogP contribution < -0.4 is 0 Å². The van der Waals surface area contributed by atoms with Crippen LogP contribution in [0.5, 0.6) is 0 Å². The van der Waals surface area contributed by atoms with Crippen LogP contribution in [0.1, 0.15) is 20.3 Å².